The highest BCUT2D eigenvalue weighted by Gasteiger charge is 2.71. The lowest BCUT2D eigenvalue weighted by Gasteiger charge is -2.66. The van der Waals surface area contributed by atoms with Crippen LogP contribution in [-0.4, -0.2) is 33.9 Å². The lowest BCUT2D eigenvalue weighted by atomic mass is 9.37. The fraction of sp³-hybridized carbons (Fsp3) is 0.828. The molecule has 5 heteroatoms. The zero-order valence-corrected chi connectivity index (χ0v) is 22.4. The van der Waals surface area contributed by atoms with Crippen molar-refractivity contribution in [1.29, 1.82) is 0 Å². The number of aliphatic carboxylic acids is 1. The van der Waals surface area contributed by atoms with E-state index in [0.29, 0.717) is 32.1 Å². The van der Waals surface area contributed by atoms with E-state index in [2.05, 4.69) is 41.5 Å². The fourth-order valence-corrected chi connectivity index (χ4v) is 9.39. The van der Waals surface area contributed by atoms with Crippen molar-refractivity contribution in [2.75, 3.05) is 0 Å². The number of carbonyl (C=O) groups is 3. The Morgan fingerprint density at radius 3 is 2.32 bits per heavy atom. The van der Waals surface area contributed by atoms with Crippen LogP contribution >= 0.6 is 0 Å². The fourth-order valence-electron chi connectivity index (χ4n) is 9.39. The summed E-state index contributed by atoms with van der Waals surface area (Å²) in [5.41, 5.74) is -0.469. The van der Waals surface area contributed by atoms with Crippen LogP contribution < -0.4 is 0 Å². The maximum absolute atomic E-state index is 14.2. The molecule has 2 fully saturated rings. The van der Waals surface area contributed by atoms with Gasteiger partial charge in [0.1, 0.15) is 5.78 Å². The normalized spacial score (nSPS) is 46.6. The van der Waals surface area contributed by atoms with Gasteiger partial charge < -0.3 is 10.2 Å². The predicted molar refractivity (Wildman–Crippen MR) is 131 cm³/mol. The van der Waals surface area contributed by atoms with E-state index in [4.69, 9.17) is 0 Å². The number of fused-ring (bicyclic) bond motifs is 4. The summed E-state index contributed by atoms with van der Waals surface area (Å²) in [4.78, 5) is 38.4. The Bertz CT molecular complexity index is 977. The molecule has 0 spiro atoms. The molecule has 0 aromatic heterocycles. The lowest BCUT2D eigenvalue weighted by molar-refractivity contribution is -0.162. The first-order chi connectivity index (χ1) is 15.5. The van der Waals surface area contributed by atoms with E-state index >= 15 is 0 Å². The summed E-state index contributed by atoms with van der Waals surface area (Å²) in [5.74, 6) is 0.269. The second kappa shape index (κ2) is 7.51. The van der Waals surface area contributed by atoms with Crippen molar-refractivity contribution >= 4 is 17.5 Å². The van der Waals surface area contributed by atoms with E-state index in [0.717, 1.165) is 17.6 Å². The second-order valence-electron chi connectivity index (χ2n) is 13.6. The van der Waals surface area contributed by atoms with E-state index in [-0.39, 0.29) is 46.6 Å². The van der Waals surface area contributed by atoms with Crippen LogP contribution in [0.25, 0.3) is 0 Å². The third kappa shape index (κ3) is 2.85. The Kier molecular flexibility index (Phi) is 5.65. The zero-order chi connectivity index (χ0) is 25.6. The van der Waals surface area contributed by atoms with Crippen molar-refractivity contribution in [3.63, 3.8) is 0 Å². The van der Waals surface area contributed by atoms with Gasteiger partial charge in [-0.15, -0.1) is 0 Å². The van der Waals surface area contributed by atoms with E-state index in [9.17, 15) is 24.6 Å². The van der Waals surface area contributed by atoms with Gasteiger partial charge in [0, 0.05) is 41.1 Å². The largest absolute Gasteiger partial charge is 0.481 e. The van der Waals surface area contributed by atoms with Gasteiger partial charge in [0.05, 0.1) is 6.10 Å². The van der Waals surface area contributed by atoms with Gasteiger partial charge in [-0.1, -0.05) is 55.4 Å². The number of carboxylic acids is 1. The van der Waals surface area contributed by atoms with Gasteiger partial charge in [0.2, 0.25) is 0 Å². The number of Topliss-reactive ketones (excluding diaryl/α,β-unsaturated/α-hetero) is 2. The van der Waals surface area contributed by atoms with Gasteiger partial charge in [0.25, 0.3) is 0 Å². The van der Waals surface area contributed by atoms with Crippen LogP contribution in [0, 0.1) is 44.8 Å². The van der Waals surface area contributed by atoms with E-state index < -0.39 is 28.3 Å². The van der Waals surface area contributed by atoms with Gasteiger partial charge in [-0.05, 0) is 59.8 Å². The second-order valence-corrected chi connectivity index (χ2v) is 13.6. The zero-order valence-electron chi connectivity index (χ0n) is 22.4. The summed E-state index contributed by atoms with van der Waals surface area (Å²) >= 11 is 0. The molecule has 0 saturated heterocycles. The van der Waals surface area contributed by atoms with Gasteiger partial charge in [-0.2, -0.15) is 0 Å². The third-order valence-electron chi connectivity index (χ3n) is 12.4. The summed E-state index contributed by atoms with van der Waals surface area (Å²) in [6.45, 7) is 17.2. The van der Waals surface area contributed by atoms with Crippen molar-refractivity contribution in [2.45, 2.75) is 106 Å². The number of rotatable bonds is 4. The van der Waals surface area contributed by atoms with Crippen LogP contribution in [0.2, 0.25) is 0 Å². The Hall–Kier alpha value is -1.49. The van der Waals surface area contributed by atoms with E-state index in [1.54, 1.807) is 0 Å². The molecule has 0 amide bonds. The van der Waals surface area contributed by atoms with Gasteiger partial charge in [0.15, 0.2) is 5.78 Å². The quantitative estimate of drug-likeness (QED) is 0.556. The minimum Gasteiger partial charge on any atom is -0.481 e. The first-order valence-corrected chi connectivity index (χ1v) is 13.2. The standard InChI is InChI=1S/C29H44O5/c1-16(9-10-22(33)34)18-13-17(2)29(8)24-20(31)15-28(7)25(3,4)21(32)11-12-26(28,5)23(24)19(30)14-27(18,29)6/h16-18,20,31H,9-15H2,1-8H3,(H,33,34)/t16-,17+,18-,20+,26-,27-,28+,29+/m1/s1. The molecule has 4 aliphatic rings. The molecule has 2 N–H and O–H groups in total. The topological polar surface area (TPSA) is 91.7 Å². The highest BCUT2D eigenvalue weighted by molar-refractivity contribution is 6.01. The molecule has 8 atom stereocenters. The van der Waals surface area contributed by atoms with Crippen LogP contribution in [-0.2, 0) is 14.4 Å². The minimum absolute atomic E-state index is 0.136. The molecular weight excluding hydrogens is 428 g/mol. The van der Waals surface area contributed by atoms with Crippen LogP contribution in [0.3, 0.4) is 0 Å². The highest BCUT2D eigenvalue weighted by Crippen LogP contribution is 2.75. The smallest absolute Gasteiger partial charge is 0.303 e. The molecule has 34 heavy (non-hydrogen) atoms. The summed E-state index contributed by atoms with van der Waals surface area (Å²) in [6, 6.07) is 0. The number of ketones is 2. The van der Waals surface area contributed by atoms with Crippen LogP contribution in [0.4, 0.5) is 0 Å². The number of carbonyl (C=O) groups excluding carboxylic acids is 2. The summed E-state index contributed by atoms with van der Waals surface area (Å²) < 4.78 is 0. The first-order valence-electron chi connectivity index (χ1n) is 13.2. The summed E-state index contributed by atoms with van der Waals surface area (Å²) in [5, 5.41) is 21.0. The number of hydrogen-bond acceptors (Lipinski definition) is 4. The number of aliphatic hydroxyl groups is 1. The van der Waals surface area contributed by atoms with Gasteiger partial charge in [-0.25, -0.2) is 0 Å². The van der Waals surface area contributed by atoms with Crippen molar-refractivity contribution in [1.82, 2.24) is 0 Å². The molecule has 0 bridgehead atoms. The van der Waals surface area contributed by atoms with Crippen molar-refractivity contribution in [2.24, 2.45) is 44.8 Å². The van der Waals surface area contributed by atoms with E-state index in [1.165, 1.54) is 0 Å². The molecule has 0 aromatic rings. The maximum Gasteiger partial charge on any atom is 0.303 e. The predicted octanol–water partition coefficient (Wildman–Crippen LogP) is 5.59. The average Bonchev–Trinajstić information content (AvgIpc) is 2.93. The Balaban J connectivity index is 1.89. The van der Waals surface area contributed by atoms with Crippen molar-refractivity contribution in [3.8, 4) is 0 Å². The molecule has 0 aromatic carbocycles. The van der Waals surface area contributed by atoms with Crippen molar-refractivity contribution in [3.05, 3.63) is 11.1 Å². The van der Waals surface area contributed by atoms with Crippen LogP contribution in [0.15, 0.2) is 11.1 Å². The molecule has 2 saturated carbocycles. The van der Waals surface area contributed by atoms with Crippen LogP contribution in [0.1, 0.15) is 100 Å². The van der Waals surface area contributed by atoms with Gasteiger partial charge in [-0.3, -0.25) is 14.4 Å². The molecule has 0 unspecified atom stereocenters. The van der Waals surface area contributed by atoms with Crippen molar-refractivity contribution < 1.29 is 24.6 Å². The highest BCUT2D eigenvalue weighted by atomic mass is 16.4. The third-order valence-corrected chi connectivity index (χ3v) is 12.4. The van der Waals surface area contributed by atoms with E-state index in [1.807, 2.05) is 13.8 Å². The van der Waals surface area contributed by atoms with Gasteiger partial charge >= 0.3 is 5.97 Å². The first kappa shape index (κ1) is 25.6. The molecule has 190 valence electrons. The van der Waals surface area contributed by atoms with Crippen LogP contribution in [0.5, 0.6) is 0 Å². The summed E-state index contributed by atoms with van der Waals surface area (Å²) in [6.07, 6.45) is 2.98. The Morgan fingerprint density at radius 2 is 1.74 bits per heavy atom. The Morgan fingerprint density at radius 1 is 1.12 bits per heavy atom. The number of aliphatic hydroxyl groups excluding tert-OH is 1. The maximum atomic E-state index is 14.2. The molecule has 5 nitrogen and oxygen atoms in total. The molecule has 0 aliphatic heterocycles. The molecule has 0 radical (unpaired) electrons. The summed E-state index contributed by atoms with van der Waals surface area (Å²) in [7, 11) is 0. The SMILES string of the molecule is C[C@H](CCC(=O)O)[C@H]1C[C@H](C)[C@@]2(C)C3=C(C(=O)C[C@]12C)[C@@]1(C)CCC(=O)C(C)(C)[C@]1(C)C[C@@H]3O. The minimum atomic E-state index is -0.778. The molecule has 4 aliphatic carbocycles. The number of hydrogen-bond donors (Lipinski definition) is 2. The molecule has 4 rings (SSSR count). The monoisotopic (exact) mass is 472 g/mol. The Labute approximate surface area is 204 Å². The molecule has 0 heterocycles. The molecular formula is C29H44O5. The lowest BCUT2D eigenvalue weighted by Crippen LogP contribution is -2.64. The average molecular weight is 473 g/mol. The number of allylic oxidation sites excluding steroid dienone is 1. The number of carboxylic acid groups (broad SMARTS) is 1.